The van der Waals surface area contributed by atoms with Crippen LogP contribution < -0.4 is 33.2 Å². The third-order valence-corrected chi connectivity index (χ3v) is 6.22. The van der Waals surface area contributed by atoms with Crippen LogP contribution in [0.5, 0.6) is 5.75 Å². The summed E-state index contributed by atoms with van der Waals surface area (Å²) in [6.45, 7) is 0.357. The zero-order chi connectivity index (χ0) is 28.7. The molecule has 0 aliphatic carbocycles. The SMILES string of the molecule is CSCCC(N)C(=O)NC(Cc1ccc(O)cc1)C(=O)NC(CC(N)=O)C(=O)NC(CCCCN)C(=O)O. The molecule has 0 heterocycles. The molecule has 14 heteroatoms. The van der Waals surface area contributed by atoms with E-state index in [1.807, 2.05) is 6.26 Å². The molecule has 1 aromatic rings. The summed E-state index contributed by atoms with van der Waals surface area (Å²) in [5.74, 6) is -3.85. The van der Waals surface area contributed by atoms with Crippen LogP contribution in [0.2, 0.25) is 0 Å². The summed E-state index contributed by atoms with van der Waals surface area (Å²) in [4.78, 5) is 62.0. The monoisotopic (exact) mass is 554 g/mol. The number of phenolic OH excluding ortho intramolecular Hbond substituents is 1. The Morgan fingerprint density at radius 1 is 0.895 bits per heavy atom. The summed E-state index contributed by atoms with van der Waals surface area (Å²) in [6.07, 6.45) is 2.71. The highest BCUT2D eigenvalue weighted by Gasteiger charge is 2.31. The summed E-state index contributed by atoms with van der Waals surface area (Å²) in [5, 5.41) is 26.3. The van der Waals surface area contributed by atoms with Crippen molar-refractivity contribution in [2.45, 2.75) is 62.7 Å². The van der Waals surface area contributed by atoms with Gasteiger partial charge in [-0.15, -0.1) is 0 Å². The minimum atomic E-state index is -1.49. The number of primary amides is 1. The van der Waals surface area contributed by atoms with Crippen LogP contribution in [0.3, 0.4) is 0 Å². The number of rotatable bonds is 18. The smallest absolute Gasteiger partial charge is 0.326 e. The summed E-state index contributed by atoms with van der Waals surface area (Å²) in [6, 6.07) is 1.11. The molecule has 0 aromatic heterocycles. The van der Waals surface area contributed by atoms with Gasteiger partial charge in [-0.25, -0.2) is 4.79 Å². The Labute approximate surface area is 225 Å². The number of nitrogens with one attached hydrogen (secondary N) is 3. The van der Waals surface area contributed by atoms with Crippen LogP contribution in [0.15, 0.2) is 24.3 Å². The molecule has 1 rings (SSSR count). The minimum absolute atomic E-state index is 0.00974. The molecule has 0 radical (unpaired) electrons. The van der Waals surface area contributed by atoms with E-state index in [0.29, 0.717) is 37.1 Å². The molecule has 4 atom stereocenters. The van der Waals surface area contributed by atoms with E-state index in [0.717, 1.165) is 0 Å². The van der Waals surface area contributed by atoms with Gasteiger partial charge in [0.15, 0.2) is 0 Å². The van der Waals surface area contributed by atoms with Crippen LogP contribution in [0.25, 0.3) is 0 Å². The topological polar surface area (TPSA) is 240 Å². The molecule has 11 N–H and O–H groups in total. The van der Waals surface area contributed by atoms with Crippen LogP contribution >= 0.6 is 11.8 Å². The average molecular weight is 555 g/mol. The number of hydrogen-bond donors (Lipinski definition) is 8. The standard InChI is InChI=1S/C24H38N6O7S/c1-38-11-9-16(26)21(33)29-18(12-14-5-7-15(31)8-6-14)22(34)30-19(13-20(27)32)23(35)28-17(24(36)37)4-2-3-10-25/h5-8,16-19,31H,2-4,9-13,25-26H2,1H3,(H2,27,32)(H,28,35)(H,29,33)(H,30,34)(H,36,37). The Bertz CT molecular complexity index is 947. The van der Waals surface area contributed by atoms with Gasteiger partial charge in [0.2, 0.25) is 23.6 Å². The van der Waals surface area contributed by atoms with Gasteiger partial charge in [0.05, 0.1) is 12.5 Å². The van der Waals surface area contributed by atoms with Gasteiger partial charge in [0, 0.05) is 6.42 Å². The van der Waals surface area contributed by atoms with E-state index in [2.05, 4.69) is 16.0 Å². The number of carbonyl (C=O) groups is 5. The van der Waals surface area contributed by atoms with Crippen LogP contribution in [0, 0.1) is 0 Å². The van der Waals surface area contributed by atoms with Crippen LogP contribution in [-0.4, -0.2) is 82.5 Å². The van der Waals surface area contributed by atoms with Gasteiger partial charge >= 0.3 is 5.97 Å². The van der Waals surface area contributed by atoms with Gasteiger partial charge in [-0.2, -0.15) is 11.8 Å². The molecule has 0 saturated carbocycles. The van der Waals surface area contributed by atoms with Crippen LogP contribution in [0.1, 0.15) is 37.7 Å². The van der Waals surface area contributed by atoms with Gasteiger partial charge in [-0.3, -0.25) is 19.2 Å². The molecule has 38 heavy (non-hydrogen) atoms. The van der Waals surface area contributed by atoms with Gasteiger partial charge in [-0.05, 0) is 61.9 Å². The first-order chi connectivity index (χ1) is 18.0. The number of carboxylic acids is 1. The largest absolute Gasteiger partial charge is 0.508 e. The third-order valence-electron chi connectivity index (χ3n) is 5.58. The maximum Gasteiger partial charge on any atom is 0.326 e. The summed E-state index contributed by atoms with van der Waals surface area (Å²) in [5.41, 5.74) is 17.2. The van der Waals surface area contributed by atoms with E-state index in [9.17, 15) is 34.2 Å². The second kappa shape index (κ2) is 17.2. The van der Waals surface area contributed by atoms with Gasteiger partial charge in [-0.1, -0.05) is 12.1 Å². The summed E-state index contributed by atoms with van der Waals surface area (Å²) in [7, 11) is 0. The van der Waals surface area contributed by atoms with Crippen molar-refractivity contribution in [2.24, 2.45) is 17.2 Å². The van der Waals surface area contributed by atoms with Crippen molar-refractivity contribution in [3.8, 4) is 5.75 Å². The normalized spacial score (nSPS) is 14.0. The number of aromatic hydroxyl groups is 1. The van der Waals surface area contributed by atoms with E-state index < -0.39 is 60.2 Å². The van der Waals surface area contributed by atoms with Gasteiger partial charge < -0.3 is 43.4 Å². The lowest BCUT2D eigenvalue weighted by atomic mass is 10.0. The molecule has 0 aliphatic rings. The fourth-order valence-corrected chi connectivity index (χ4v) is 3.93. The Hall–Kier alpha value is -3.36. The number of benzene rings is 1. The Morgan fingerprint density at radius 3 is 2.03 bits per heavy atom. The molecule has 13 nitrogen and oxygen atoms in total. The molecule has 0 bridgehead atoms. The van der Waals surface area contributed by atoms with Crippen molar-refractivity contribution in [3.63, 3.8) is 0 Å². The van der Waals surface area contributed by atoms with Crippen molar-refractivity contribution in [3.05, 3.63) is 29.8 Å². The number of carboxylic acid groups (broad SMARTS) is 1. The summed E-state index contributed by atoms with van der Waals surface area (Å²) < 4.78 is 0. The molecular formula is C24H38N6O7S. The predicted molar refractivity (Wildman–Crippen MR) is 143 cm³/mol. The third kappa shape index (κ3) is 12.3. The lowest BCUT2D eigenvalue weighted by molar-refractivity contribution is -0.142. The highest BCUT2D eigenvalue weighted by molar-refractivity contribution is 7.98. The molecule has 212 valence electrons. The zero-order valence-electron chi connectivity index (χ0n) is 21.4. The average Bonchev–Trinajstić information content (AvgIpc) is 2.86. The van der Waals surface area contributed by atoms with Crippen molar-refractivity contribution < 1.29 is 34.2 Å². The quantitative estimate of drug-likeness (QED) is 0.0982. The number of unbranched alkanes of at least 4 members (excludes halogenated alkanes) is 1. The molecule has 0 fully saturated rings. The number of nitrogens with two attached hydrogens (primary N) is 3. The molecule has 0 saturated heterocycles. The number of amides is 4. The number of thioether (sulfide) groups is 1. The first kappa shape index (κ1) is 32.7. The molecule has 4 amide bonds. The Balaban J connectivity index is 3.09. The Kier molecular flexibility index (Phi) is 14.8. The number of aliphatic carboxylic acids is 1. The van der Waals surface area contributed by atoms with E-state index in [4.69, 9.17) is 17.2 Å². The van der Waals surface area contributed by atoms with E-state index in [1.54, 1.807) is 12.1 Å². The fourth-order valence-electron chi connectivity index (χ4n) is 3.44. The second-order valence-electron chi connectivity index (χ2n) is 8.74. The van der Waals surface area contributed by atoms with Crippen molar-refractivity contribution >= 4 is 41.4 Å². The highest BCUT2D eigenvalue weighted by atomic mass is 32.2. The molecule has 4 unspecified atom stereocenters. The highest BCUT2D eigenvalue weighted by Crippen LogP contribution is 2.12. The molecular weight excluding hydrogens is 516 g/mol. The number of hydrogen-bond acceptors (Lipinski definition) is 9. The van der Waals surface area contributed by atoms with Crippen molar-refractivity contribution in [2.75, 3.05) is 18.6 Å². The van der Waals surface area contributed by atoms with Crippen LogP contribution in [-0.2, 0) is 30.4 Å². The second-order valence-corrected chi connectivity index (χ2v) is 9.72. The lowest BCUT2D eigenvalue weighted by Crippen LogP contribution is -2.58. The first-order valence-electron chi connectivity index (χ1n) is 12.1. The van der Waals surface area contributed by atoms with Crippen molar-refractivity contribution in [1.29, 1.82) is 0 Å². The number of phenols is 1. The lowest BCUT2D eigenvalue weighted by Gasteiger charge is -2.25. The fraction of sp³-hybridized carbons (Fsp3) is 0.542. The van der Waals surface area contributed by atoms with Crippen molar-refractivity contribution in [1.82, 2.24) is 16.0 Å². The summed E-state index contributed by atoms with van der Waals surface area (Å²) >= 11 is 1.51. The van der Waals surface area contributed by atoms with Gasteiger partial charge in [0.1, 0.15) is 23.9 Å². The maximum atomic E-state index is 13.2. The molecule has 0 aliphatic heterocycles. The Morgan fingerprint density at radius 2 is 1.47 bits per heavy atom. The van der Waals surface area contributed by atoms with Crippen LogP contribution in [0.4, 0.5) is 0 Å². The zero-order valence-corrected chi connectivity index (χ0v) is 22.2. The number of carbonyl (C=O) groups excluding carboxylic acids is 4. The molecule has 0 spiro atoms. The van der Waals surface area contributed by atoms with E-state index >= 15 is 0 Å². The van der Waals surface area contributed by atoms with Gasteiger partial charge in [0.25, 0.3) is 0 Å². The van der Waals surface area contributed by atoms with E-state index in [1.165, 1.54) is 23.9 Å². The predicted octanol–water partition coefficient (Wildman–Crippen LogP) is -1.44. The van der Waals surface area contributed by atoms with E-state index in [-0.39, 0.29) is 18.6 Å². The molecule has 1 aromatic carbocycles. The minimum Gasteiger partial charge on any atom is -0.508 e. The first-order valence-corrected chi connectivity index (χ1v) is 13.5. The maximum absolute atomic E-state index is 13.2.